The van der Waals surface area contributed by atoms with Gasteiger partial charge in [0.1, 0.15) is 0 Å². The topological polar surface area (TPSA) is 84.9 Å². The molecule has 0 saturated carbocycles. The Balaban J connectivity index is 1.45. The number of benzene rings is 3. The van der Waals surface area contributed by atoms with E-state index in [4.69, 9.17) is 21.1 Å². The average molecular weight is 551 g/mol. The van der Waals surface area contributed by atoms with E-state index in [1.165, 1.54) is 4.90 Å². The lowest BCUT2D eigenvalue weighted by molar-refractivity contribution is -0.123. The van der Waals surface area contributed by atoms with Gasteiger partial charge in [-0.2, -0.15) is 0 Å². The van der Waals surface area contributed by atoms with Gasteiger partial charge in [0.15, 0.2) is 18.1 Å². The third kappa shape index (κ3) is 6.57. The van der Waals surface area contributed by atoms with Crippen molar-refractivity contribution in [3.63, 3.8) is 0 Å². The number of hydrogen-bond acceptors (Lipinski definition) is 6. The van der Waals surface area contributed by atoms with Gasteiger partial charge in [0.2, 0.25) is 0 Å². The molecule has 1 saturated heterocycles. The van der Waals surface area contributed by atoms with Crippen LogP contribution in [-0.4, -0.2) is 35.2 Å². The number of aryl methyl sites for hydroxylation is 2. The molecule has 1 aliphatic heterocycles. The van der Waals surface area contributed by atoms with Crippen molar-refractivity contribution in [3.8, 4) is 11.5 Å². The molecule has 196 valence electrons. The molecule has 0 unspecified atom stereocenters. The molecule has 7 nitrogen and oxygen atoms in total. The first-order chi connectivity index (χ1) is 18.2. The molecule has 9 heteroatoms. The number of imide groups is 1. The molecule has 0 radical (unpaired) electrons. The van der Waals surface area contributed by atoms with Crippen molar-refractivity contribution in [3.05, 3.63) is 92.8 Å². The molecule has 3 aromatic carbocycles. The van der Waals surface area contributed by atoms with Crippen LogP contribution in [0.25, 0.3) is 6.08 Å². The lowest BCUT2D eigenvalue weighted by atomic mass is 10.1. The standard InChI is InChI=1S/C29H27ClN2O5S/c1-4-36-25-14-20(10-12-24(25)37-17-27(33)31-23-11-9-18(2)13-19(23)3)15-26-28(34)32(29(35)38-26)16-21-7-5-6-8-22(21)30/h5-15H,4,16-17H2,1-3H3,(H,31,33)/b26-15-. The second-order valence-electron chi connectivity index (χ2n) is 8.65. The van der Waals surface area contributed by atoms with Crippen molar-refractivity contribution in [1.82, 2.24) is 4.90 Å². The van der Waals surface area contributed by atoms with Gasteiger partial charge in [0, 0.05) is 10.7 Å². The number of halogens is 1. The zero-order chi connectivity index (χ0) is 27.2. The lowest BCUT2D eigenvalue weighted by Crippen LogP contribution is -2.27. The Kier molecular flexibility index (Phi) is 8.76. The Bertz CT molecular complexity index is 1420. The number of ether oxygens (including phenoxy) is 2. The van der Waals surface area contributed by atoms with Crippen LogP contribution in [0.2, 0.25) is 5.02 Å². The number of rotatable bonds is 9. The fraction of sp³-hybridized carbons (Fsp3) is 0.207. The van der Waals surface area contributed by atoms with Crippen LogP contribution in [0.3, 0.4) is 0 Å². The number of thioether (sulfide) groups is 1. The number of carbonyl (C=O) groups excluding carboxylic acids is 3. The van der Waals surface area contributed by atoms with Crippen LogP contribution >= 0.6 is 23.4 Å². The zero-order valence-corrected chi connectivity index (χ0v) is 22.8. The number of anilines is 1. The van der Waals surface area contributed by atoms with Gasteiger partial charge < -0.3 is 14.8 Å². The van der Waals surface area contributed by atoms with Gasteiger partial charge >= 0.3 is 0 Å². The molecular weight excluding hydrogens is 524 g/mol. The Labute approximate surface area is 230 Å². The van der Waals surface area contributed by atoms with E-state index in [1.54, 1.807) is 42.5 Å². The predicted molar refractivity (Wildman–Crippen MR) is 151 cm³/mol. The summed E-state index contributed by atoms with van der Waals surface area (Å²) < 4.78 is 11.5. The minimum atomic E-state index is -0.388. The fourth-order valence-corrected chi connectivity index (χ4v) is 4.90. The molecule has 0 spiro atoms. The second-order valence-corrected chi connectivity index (χ2v) is 10.1. The van der Waals surface area contributed by atoms with Crippen molar-refractivity contribution in [2.45, 2.75) is 27.3 Å². The Morgan fingerprint density at radius 2 is 1.82 bits per heavy atom. The van der Waals surface area contributed by atoms with E-state index in [9.17, 15) is 14.4 Å². The van der Waals surface area contributed by atoms with Crippen LogP contribution in [0.5, 0.6) is 11.5 Å². The summed E-state index contributed by atoms with van der Waals surface area (Å²) in [5.74, 6) is 0.138. The van der Waals surface area contributed by atoms with Gasteiger partial charge in [-0.1, -0.05) is 53.6 Å². The maximum Gasteiger partial charge on any atom is 0.293 e. The molecule has 0 bridgehead atoms. The molecule has 1 fully saturated rings. The highest BCUT2D eigenvalue weighted by molar-refractivity contribution is 8.18. The second kappa shape index (κ2) is 12.2. The highest BCUT2D eigenvalue weighted by Gasteiger charge is 2.35. The minimum absolute atomic E-state index is 0.100. The van der Waals surface area contributed by atoms with Crippen molar-refractivity contribution >= 4 is 52.2 Å². The first kappa shape index (κ1) is 27.3. The van der Waals surface area contributed by atoms with Gasteiger partial charge in [0.05, 0.1) is 18.1 Å². The Morgan fingerprint density at radius 1 is 1.03 bits per heavy atom. The van der Waals surface area contributed by atoms with Crippen LogP contribution in [0.4, 0.5) is 10.5 Å². The lowest BCUT2D eigenvalue weighted by Gasteiger charge is -2.14. The average Bonchev–Trinajstić information content (AvgIpc) is 3.14. The molecule has 1 aliphatic rings. The van der Waals surface area contributed by atoms with E-state index in [0.717, 1.165) is 28.6 Å². The smallest absolute Gasteiger partial charge is 0.293 e. The van der Waals surface area contributed by atoms with E-state index in [-0.39, 0.29) is 30.2 Å². The summed E-state index contributed by atoms with van der Waals surface area (Å²) in [5.41, 5.74) is 4.16. The SMILES string of the molecule is CCOc1cc(/C=C2\SC(=O)N(Cc3ccccc3Cl)C2=O)ccc1OCC(=O)Nc1ccc(C)cc1C. The summed E-state index contributed by atoms with van der Waals surface area (Å²) in [5, 5.41) is 2.99. The van der Waals surface area contributed by atoms with Gasteiger partial charge in [-0.15, -0.1) is 0 Å². The highest BCUT2D eigenvalue weighted by Crippen LogP contribution is 2.36. The molecule has 3 amide bonds. The molecular formula is C29H27ClN2O5S. The first-order valence-corrected chi connectivity index (χ1v) is 13.2. The monoisotopic (exact) mass is 550 g/mol. The maximum atomic E-state index is 13.0. The molecule has 0 aromatic heterocycles. The normalized spacial score (nSPS) is 14.2. The van der Waals surface area contributed by atoms with E-state index in [0.29, 0.717) is 39.2 Å². The van der Waals surface area contributed by atoms with Gasteiger partial charge in [-0.3, -0.25) is 19.3 Å². The molecule has 4 rings (SSSR count). The van der Waals surface area contributed by atoms with Crippen LogP contribution in [0.1, 0.15) is 29.2 Å². The third-order valence-corrected chi connectivity index (χ3v) is 7.02. The van der Waals surface area contributed by atoms with Gasteiger partial charge in [-0.05, 0) is 79.6 Å². The number of nitrogens with one attached hydrogen (secondary N) is 1. The minimum Gasteiger partial charge on any atom is -0.490 e. The number of nitrogens with zero attached hydrogens (tertiary/aromatic N) is 1. The summed E-state index contributed by atoms with van der Waals surface area (Å²) in [4.78, 5) is 39.4. The summed E-state index contributed by atoms with van der Waals surface area (Å²) in [6.45, 7) is 6.04. The Hall–Kier alpha value is -3.75. The summed E-state index contributed by atoms with van der Waals surface area (Å²) in [6, 6.07) is 18.0. The summed E-state index contributed by atoms with van der Waals surface area (Å²) in [6.07, 6.45) is 1.64. The van der Waals surface area contributed by atoms with E-state index >= 15 is 0 Å². The van der Waals surface area contributed by atoms with Crippen LogP contribution in [-0.2, 0) is 16.1 Å². The van der Waals surface area contributed by atoms with Gasteiger partial charge in [0.25, 0.3) is 17.1 Å². The largest absolute Gasteiger partial charge is 0.490 e. The number of amides is 3. The molecule has 1 N–H and O–H groups in total. The van der Waals surface area contributed by atoms with Crippen molar-refractivity contribution in [1.29, 1.82) is 0 Å². The molecule has 3 aromatic rings. The quantitative estimate of drug-likeness (QED) is 0.302. The number of carbonyl (C=O) groups is 3. The highest BCUT2D eigenvalue weighted by atomic mass is 35.5. The fourth-order valence-electron chi connectivity index (χ4n) is 3.87. The van der Waals surface area contributed by atoms with E-state index < -0.39 is 0 Å². The predicted octanol–water partition coefficient (Wildman–Crippen LogP) is 6.61. The zero-order valence-electron chi connectivity index (χ0n) is 21.2. The summed E-state index contributed by atoms with van der Waals surface area (Å²) >= 11 is 7.08. The molecule has 1 heterocycles. The van der Waals surface area contributed by atoms with Gasteiger partial charge in [-0.25, -0.2) is 0 Å². The van der Waals surface area contributed by atoms with E-state index in [2.05, 4.69) is 5.32 Å². The maximum absolute atomic E-state index is 13.0. The first-order valence-electron chi connectivity index (χ1n) is 12.0. The van der Waals surface area contributed by atoms with Crippen LogP contribution < -0.4 is 14.8 Å². The summed E-state index contributed by atoms with van der Waals surface area (Å²) in [7, 11) is 0. The molecule has 0 aliphatic carbocycles. The third-order valence-electron chi connectivity index (χ3n) is 5.74. The van der Waals surface area contributed by atoms with Crippen molar-refractivity contribution < 1.29 is 23.9 Å². The molecule has 0 atom stereocenters. The Morgan fingerprint density at radius 3 is 2.55 bits per heavy atom. The van der Waals surface area contributed by atoms with Crippen molar-refractivity contribution in [2.75, 3.05) is 18.5 Å². The molecule has 38 heavy (non-hydrogen) atoms. The number of hydrogen-bond donors (Lipinski definition) is 1. The van der Waals surface area contributed by atoms with Crippen LogP contribution in [0.15, 0.2) is 65.6 Å². The van der Waals surface area contributed by atoms with E-state index in [1.807, 2.05) is 45.0 Å². The van der Waals surface area contributed by atoms with Crippen LogP contribution in [0, 0.1) is 13.8 Å². The van der Waals surface area contributed by atoms with Crippen molar-refractivity contribution in [2.24, 2.45) is 0 Å².